The first-order chi connectivity index (χ1) is 12.0. The molecule has 0 N–H and O–H groups in total. The van der Waals surface area contributed by atoms with Crippen LogP contribution in [-0.2, 0) is 19.1 Å². The molecule has 1 aromatic rings. The van der Waals surface area contributed by atoms with Gasteiger partial charge in [0.2, 0.25) is 5.91 Å². The van der Waals surface area contributed by atoms with Gasteiger partial charge in [-0.1, -0.05) is 29.8 Å². The smallest absolute Gasteiger partial charge is 0.312 e. The van der Waals surface area contributed by atoms with E-state index >= 15 is 0 Å². The Bertz CT molecular complexity index is 774. The van der Waals surface area contributed by atoms with E-state index in [-0.39, 0.29) is 11.9 Å². The SMILES string of the molecule is C=CC[C@@H]1N(c2ccc(Cl)cc2)C(=O)[C@H]2[C@@H](C(=O)OC)[C@@H]3C=C[C@@]12O3. The lowest BCUT2D eigenvalue weighted by Gasteiger charge is -2.32. The molecule has 130 valence electrons. The molecule has 3 heterocycles. The molecule has 0 unspecified atom stereocenters. The van der Waals surface area contributed by atoms with Gasteiger partial charge in [0.1, 0.15) is 11.5 Å². The van der Waals surface area contributed by atoms with Crippen LogP contribution in [0.4, 0.5) is 5.69 Å². The van der Waals surface area contributed by atoms with Gasteiger partial charge in [0, 0.05) is 10.7 Å². The number of anilines is 1. The molecule has 25 heavy (non-hydrogen) atoms. The number of ether oxygens (including phenoxy) is 2. The van der Waals surface area contributed by atoms with E-state index in [1.165, 1.54) is 7.11 Å². The standard InChI is InChI=1S/C19H18ClNO4/c1-3-4-14-19-10-9-13(25-19)15(18(23)24-2)16(19)17(22)21(14)12-7-5-11(20)6-8-12/h3,5-10,13-16H,1,4H2,2H3/t13-,14-,15-,16+,19+/m0/s1. The summed E-state index contributed by atoms with van der Waals surface area (Å²) < 4.78 is 11.1. The Morgan fingerprint density at radius 1 is 1.44 bits per heavy atom. The van der Waals surface area contributed by atoms with Gasteiger partial charge in [-0.2, -0.15) is 0 Å². The van der Waals surface area contributed by atoms with Crippen LogP contribution in [0.3, 0.4) is 0 Å². The fourth-order valence-electron chi connectivity index (χ4n) is 4.41. The third kappa shape index (κ3) is 2.12. The summed E-state index contributed by atoms with van der Waals surface area (Å²) in [6.07, 6.45) is 5.71. The Balaban J connectivity index is 1.81. The molecule has 2 bridgehead atoms. The van der Waals surface area contributed by atoms with E-state index in [4.69, 9.17) is 21.1 Å². The Morgan fingerprint density at radius 3 is 2.80 bits per heavy atom. The van der Waals surface area contributed by atoms with Gasteiger partial charge in [-0.05, 0) is 30.7 Å². The van der Waals surface area contributed by atoms with Crippen molar-refractivity contribution >= 4 is 29.2 Å². The average Bonchev–Trinajstić information content (AvgIpc) is 3.25. The summed E-state index contributed by atoms with van der Waals surface area (Å²) in [6.45, 7) is 3.82. The number of benzene rings is 1. The molecule has 2 saturated heterocycles. The lowest BCUT2D eigenvalue weighted by Crippen LogP contribution is -2.45. The molecular formula is C19H18ClNO4. The number of nitrogens with zero attached hydrogens (tertiary/aromatic N) is 1. The molecule has 4 rings (SSSR count). The van der Waals surface area contributed by atoms with E-state index in [0.29, 0.717) is 11.4 Å². The third-order valence-electron chi connectivity index (χ3n) is 5.39. The molecule has 2 fully saturated rings. The Kier molecular flexibility index (Phi) is 3.74. The summed E-state index contributed by atoms with van der Waals surface area (Å²) in [6, 6.07) is 6.83. The van der Waals surface area contributed by atoms with Gasteiger partial charge in [0.25, 0.3) is 0 Å². The topological polar surface area (TPSA) is 55.8 Å². The molecule has 1 aromatic carbocycles. The van der Waals surface area contributed by atoms with Crippen LogP contribution in [0.25, 0.3) is 0 Å². The van der Waals surface area contributed by atoms with Crippen LogP contribution in [0.1, 0.15) is 6.42 Å². The van der Waals surface area contributed by atoms with E-state index < -0.39 is 29.5 Å². The Labute approximate surface area is 150 Å². The van der Waals surface area contributed by atoms with Crippen LogP contribution in [-0.4, -0.2) is 36.7 Å². The minimum Gasteiger partial charge on any atom is -0.469 e. The molecule has 0 radical (unpaired) electrons. The molecule has 3 aliphatic heterocycles. The average molecular weight is 360 g/mol. The first-order valence-corrected chi connectivity index (χ1v) is 8.56. The zero-order valence-corrected chi connectivity index (χ0v) is 14.5. The maximum absolute atomic E-state index is 13.3. The minimum atomic E-state index is -0.825. The quantitative estimate of drug-likeness (QED) is 0.612. The number of amides is 1. The zero-order valence-electron chi connectivity index (χ0n) is 13.7. The van der Waals surface area contributed by atoms with Crippen molar-refractivity contribution in [1.29, 1.82) is 0 Å². The molecule has 6 heteroatoms. The molecule has 1 amide bonds. The van der Waals surface area contributed by atoms with Crippen LogP contribution >= 0.6 is 11.6 Å². The summed E-state index contributed by atoms with van der Waals surface area (Å²) in [5, 5.41) is 0.596. The fraction of sp³-hybridized carbons (Fsp3) is 0.368. The van der Waals surface area contributed by atoms with Crippen LogP contribution < -0.4 is 4.90 Å². The van der Waals surface area contributed by atoms with Crippen LogP contribution in [0.2, 0.25) is 5.02 Å². The number of carbonyl (C=O) groups excluding carboxylic acids is 2. The third-order valence-corrected chi connectivity index (χ3v) is 5.64. The maximum Gasteiger partial charge on any atom is 0.312 e. The van der Waals surface area contributed by atoms with E-state index in [1.54, 1.807) is 35.2 Å². The van der Waals surface area contributed by atoms with Gasteiger partial charge in [0.15, 0.2) is 0 Å². The molecule has 0 aliphatic carbocycles. The highest BCUT2D eigenvalue weighted by atomic mass is 35.5. The summed E-state index contributed by atoms with van der Waals surface area (Å²) in [5.41, 5.74) is -0.0943. The second kappa shape index (κ2) is 5.71. The summed E-state index contributed by atoms with van der Waals surface area (Å²) >= 11 is 5.98. The highest BCUT2D eigenvalue weighted by molar-refractivity contribution is 6.30. The number of methoxy groups -OCH3 is 1. The highest BCUT2D eigenvalue weighted by Gasteiger charge is 2.71. The van der Waals surface area contributed by atoms with Crippen molar-refractivity contribution in [3.8, 4) is 0 Å². The van der Waals surface area contributed by atoms with Crippen molar-refractivity contribution in [3.05, 3.63) is 54.1 Å². The van der Waals surface area contributed by atoms with E-state index in [2.05, 4.69) is 6.58 Å². The first-order valence-electron chi connectivity index (χ1n) is 8.18. The number of rotatable bonds is 4. The lowest BCUT2D eigenvalue weighted by atomic mass is 9.74. The summed E-state index contributed by atoms with van der Waals surface area (Å²) in [5.74, 6) is -1.75. The van der Waals surface area contributed by atoms with E-state index in [9.17, 15) is 9.59 Å². The number of carbonyl (C=O) groups is 2. The van der Waals surface area contributed by atoms with Gasteiger partial charge in [0.05, 0.1) is 25.2 Å². The van der Waals surface area contributed by atoms with Gasteiger partial charge < -0.3 is 14.4 Å². The Hall–Kier alpha value is -2.11. The minimum absolute atomic E-state index is 0.128. The van der Waals surface area contributed by atoms with Crippen molar-refractivity contribution < 1.29 is 19.1 Å². The number of fused-ring (bicyclic) bond motifs is 1. The summed E-state index contributed by atoms with van der Waals surface area (Å²) in [7, 11) is 1.34. The predicted octanol–water partition coefficient (Wildman–Crippen LogP) is 2.74. The number of hydrogen-bond donors (Lipinski definition) is 0. The number of hydrogen-bond acceptors (Lipinski definition) is 4. The van der Waals surface area contributed by atoms with Crippen molar-refractivity contribution in [3.63, 3.8) is 0 Å². The van der Waals surface area contributed by atoms with E-state index in [1.807, 2.05) is 12.2 Å². The Morgan fingerprint density at radius 2 is 2.16 bits per heavy atom. The predicted molar refractivity (Wildman–Crippen MR) is 93.3 cm³/mol. The largest absolute Gasteiger partial charge is 0.469 e. The zero-order chi connectivity index (χ0) is 17.8. The number of esters is 1. The fourth-order valence-corrected chi connectivity index (χ4v) is 4.54. The van der Waals surface area contributed by atoms with Crippen molar-refractivity contribution in [2.24, 2.45) is 11.8 Å². The molecule has 0 aromatic heterocycles. The van der Waals surface area contributed by atoms with Crippen molar-refractivity contribution in [2.45, 2.75) is 24.2 Å². The van der Waals surface area contributed by atoms with Gasteiger partial charge in [-0.3, -0.25) is 9.59 Å². The highest BCUT2D eigenvalue weighted by Crippen LogP contribution is 2.56. The normalized spacial score (nSPS) is 35.1. The van der Waals surface area contributed by atoms with Crippen molar-refractivity contribution in [2.75, 3.05) is 12.0 Å². The second-order valence-corrected chi connectivity index (χ2v) is 6.98. The number of halogens is 1. The lowest BCUT2D eigenvalue weighted by molar-refractivity contribution is -0.149. The maximum atomic E-state index is 13.3. The van der Waals surface area contributed by atoms with Crippen molar-refractivity contribution in [1.82, 2.24) is 0 Å². The van der Waals surface area contributed by atoms with Gasteiger partial charge in [-0.15, -0.1) is 6.58 Å². The van der Waals surface area contributed by atoms with Gasteiger partial charge >= 0.3 is 5.97 Å². The van der Waals surface area contributed by atoms with E-state index in [0.717, 1.165) is 5.69 Å². The molecular weight excluding hydrogens is 342 g/mol. The summed E-state index contributed by atoms with van der Waals surface area (Å²) in [4.78, 5) is 27.3. The molecule has 3 aliphatic rings. The first kappa shape index (κ1) is 16.4. The van der Waals surface area contributed by atoms with Crippen LogP contribution in [0.5, 0.6) is 0 Å². The monoisotopic (exact) mass is 359 g/mol. The van der Waals surface area contributed by atoms with Gasteiger partial charge in [-0.25, -0.2) is 0 Å². The van der Waals surface area contributed by atoms with Crippen LogP contribution in [0, 0.1) is 11.8 Å². The molecule has 5 atom stereocenters. The molecule has 5 nitrogen and oxygen atoms in total. The molecule has 0 saturated carbocycles. The molecule has 1 spiro atoms. The van der Waals surface area contributed by atoms with Crippen LogP contribution in [0.15, 0.2) is 49.1 Å². The second-order valence-electron chi connectivity index (χ2n) is 6.55.